The number of hydrogen-bond acceptors (Lipinski definition) is 5. The fraction of sp³-hybridized carbons (Fsp3) is 0.500. The van der Waals surface area contributed by atoms with Gasteiger partial charge >= 0.3 is 0 Å². The zero-order valence-corrected chi connectivity index (χ0v) is 19.0. The summed E-state index contributed by atoms with van der Waals surface area (Å²) in [7, 11) is -3.67. The van der Waals surface area contributed by atoms with Crippen LogP contribution in [0.5, 0.6) is 0 Å². The van der Waals surface area contributed by atoms with Crippen molar-refractivity contribution in [3.8, 4) is 11.1 Å². The maximum Gasteiger partial charge on any atom is 0.249 e. The van der Waals surface area contributed by atoms with Crippen LogP contribution >= 0.6 is 0 Å². The van der Waals surface area contributed by atoms with Gasteiger partial charge in [-0.2, -0.15) is 14.1 Å². The van der Waals surface area contributed by atoms with Crippen molar-refractivity contribution in [1.82, 2.24) is 14.1 Å². The van der Waals surface area contributed by atoms with Crippen LogP contribution in [0.15, 0.2) is 23.1 Å². The summed E-state index contributed by atoms with van der Waals surface area (Å²) < 4.78 is 29.9. The minimum atomic E-state index is -3.67. The van der Waals surface area contributed by atoms with E-state index in [0.29, 0.717) is 41.2 Å². The quantitative estimate of drug-likeness (QED) is 0.779. The molecule has 0 saturated carbocycles. The van der Waals surface area contributed by atoms with Crippen LogP contribution < -0.4 is 5.32 Å². The Morgan fingerprint density at radius 2 is 1.97 bits per heavy atom. The molecule has 3 heterocycles. The van der Waals surface area contributed by atoms with Crippen LogP contribution in [-0.2, 0) is 21.2 Å². The molecule has 0 unspecified atom stereocenters. The van der Waals surface area contributed by atoms with Gasteiger partial charge in [0.25, 0.3) is 0 Å². The second-order valence-electron chi connectivity index (χ2n) is 8.32. The van der Waals surface area contributed by atoms with E-state index in [-0.39, 0.29) is 35.6 Å². The second-order valence-corrected chi connectivity index (χ2v) is 10.2. The van der Waals surface area contributed by atoms with Crippen molar-refractivity contribution >= 4 is 27.7 Å². The molecule has 8 nitrogen and oxygen atoms in total. The number of sulfonamides is 1. The lowest BCUT2D eigenvalue weighted by Crippen LogP contribution is -2.42. The molecule has 31 heavy (non-hydrogen) atoms. The summed E-state index contributed by atoms with van der Waals surface area (Å²) in [6, 6.07) is 5.22. The molecule has 166 valence electrons. The molecule has 1 amide bonds. The number of carbonyl (C=O) groups is 2. The zero-order valence-electron chi connectivity index (χ0n) is 18.1. The first-order valence-corrected chi connectivity index (χ1v) is 12.3. The van der Waals surface area contributed by atoms with Crippen LogP contribution in [0, 0.1) is 6.92 Å². The summed E-state index contributed by atoms with van der Waals surface area (Å²) >= 11 is 0. The average Bonchev–Trinajstić information content (AvgIpc) is 3.04. The van der Waals surface area contributed by atoms with Gasteiger partial charge in [0, 0.05) is 31.0 Å². The van der Waals surface area contributed by atoms with Gasteiger partial charge in [-0.05, 0) is 50.3 Å². The number of benzene rings is 1. The van der Waals surface area contributed by atoms with Crippen molar-refractivity contribution in [3.05, 3.63) is 29.5 Å². The van der Waals surface area contributed by atoms with E-state index in [1.807, 2.05) is 19.9 Å². The Kier molecular flexibility index (Phi) is 5.74. The zero-order chi connectivity index (χ0) is 22.3. The highest BCUT2D eigenvalue weighted by molar-refractivity contribution is 7.89. The first kappa shape index (κ1) is 21.7. The van der Waals surface area contributed by atoms with E-state index in [0.717, 1.165) is 19.3 Å². The van der Waals surface area contributed by atoms with E-state index < -0.39 is 10.0 Å². The monoisotopic (exact) mass is 444 g/mol. The van der Waals surface area contributed by atoms with Gasteiger partial charge in [-0.3, -0.25) is 9.59 Å². The minimum absolute atomic E-state index is 0.0441. The van der Waals surface area contributed by atoms with Gasteiger partial charge in [0.15, 0.2) is 0 Å². The van der Waals surface area contributed by atoms with Gasteiger partial charge in [0.2, 0.25) is 21.8 Å². The predicted molar refractivity (Wildman–Crippen MR) is 117 cm³/mol. The first-order valence-electron chi connectivity index (χ1n) is 10.8. The van der Waals surface area contributed by atoms with Gasteiger partial charge in [-0.1, -0.05) is 25.5 Å². The molecule has 1 N–H and O–H groups in total. The van der Waals surface area contributed by atoms with Crippen molar-refractivity contribution in [2.24, 2.45) is 0 Å². The van der Waals surface area contributed by atoms with Gasteiger partial charge < -0.3 is 5.32 Å². The second kappa shape index (κ2) is 8.20. The van der Waals surface area contributed by atoms with E-state index in [1.54, 1.807) is 23.4 Å². The number of nitrogens with zero attached hydrogens (tertiary/aromatic N) is 3. The molecule has 2 aromatic rings. The Morgan fingerprint density at radius 1 is 1.19 bits per heavy atom. The molecule has 0 radical (unpaired) electrons. The van der Waals surface area contributed by atoms with Crippen LogP contribution in [0.2, 0.25) is 0 Å². The SMILES string of the molecule is CCc1nn2c(c1-c1ccc(C)c(S(=O)(=O)N3CCCC[C@H]3C)c1)NC(=O)CCC2=O. The number of fused-ring (bicyclic) bond motifs is 1. The molecule has 1 fully saturated rings. The van der Waals surface area contributed by atoms with Gasteiger partial charge in [0.05, 0.1) is 10.6 Å². The summed E-state index contributed by atoms with van der Waals surface area (Å²) in [5.41, 5.74) is 2.54. The average molecular weight is 445 g/mol. The third-order valence-electron chi connectivity index (χ3n) is 6.16. The Labute approximate surface area is 182 Å². The summed E-state index contributed by atoms with van der Waals surface area (Å²) in [6.07, 6.45) is 3.46. The molecule has 1 atom stereocenters. The number of rotatable bonds is 4. The molecule has 2 aliphatic heterocycles. The molecule has 1 aromatic carbocycles. The first-order chi connectivity index (χ1) is 14.7. The fourth-order valence-electron chi connectivity index (χ4n) is 4.42. The van der Waals surface area contributed by atoms with Crippen molar-refractivity contribution in [3.63, 3.8) is 0 Å². The van der Waals surface area contributed by atoms with Crippen LogP contribution in [0.3, 0.4) is 0 Å². The standard InChI is InChI=1S/C22H28N4O4S/c1-4-17-21(22-23-19(27)10-11-20(28)26(22)24-17)16-9-8-14(2)18(13-16)31(29,30)25-12-6-5-7-15(25)3/h8-9,13,15H,4-7,10-12H2,1-3H3,(H,23,27)/t15-/m1/s1. The molecule has 0 aliphatic carbocycles. The summed E-state index contributed by atoms with van der Waals surface area (Å²) in [6.45, 7) is 6.17. The normalized spacial score (nSPS) is 20.3. The van der Waals surface area contributed by atoms with Crippen LogP contribution in [0.1, 0.15) is 62.0 Å². The van der Waals surface area contributed by atoms with Crippen LogP contribution in [0.4, 0.5) is 5.82 Å². The topological polar surface area (TPSA) is 101 Å². The third kappa shape index (κ3) is 3.80. The molecule has 0 spiro atoms. The van der Waals surface area contributed by atoms with Crippen molar-refractivity contribution in [2.45, 2.75) is 70.2 Å². The number of hydrogen-bond donors (Lipinski definition) is 1. The smallest absolute Gasteiger partial charge is 0.249 e. The lowest BCUT2D eigenvalue weighted by Gasteiger charge is -2.32. The number of anilines is 1. The number of amides is 1. The van der Waals surface area contributed by atoms with Gasteiger partial charge in [-0.15, -0.1) is 0 Å². The predicted octanol–water partition coefficient (Wildman–Crippen LogP) is 3.36. The minimum Gasteiger partial charge on any atom is -0.310 e. The number of piperidine rings is 1. The molecule has 9 heteroatoms. The Morgan fingerprint density at radius 3 is 2.68 bits per heavy atom. The largest absolute Gasteiger partial charge is 0.310 e. The maximum atomic E-state index is 13.5. The highest BCUT2D eigenvalue weighted by atomic mass is 32.2. The summed E-state index contributed by atoms with van der Waals surface area (Å²) in [5.74, 6) is -0.183. The number of aromatic nitrogens is 2. The lowest BCUT2D eigenvalue weighted by atomic mass is 10.0. The van der Waals surface area contributed by atoms with E-state index >= 15 is 0 Å². The van der Waals surface area contributed by atoms with Crippen molar-refractivity contribution in [2.75, 3.05) is 11.9 Å². The third-order valence-corrected chi connectivity index (χ3v) is 8.31. The van der Waals surface area contributed by atoms with E-state index in [2.05, 4.69) is 10.4 Å². The molecular formula is C22H28N4O4S. The molecule has 4 rings (SSSR count). The number of carbonyl (C=O) groups excluding carboxylic acids is 2. The Hall–Kier alpha value is -2.52. The maximum absolute atomic E-state index is 13.5. The highest BCUT2D eigenvalue weighted by Gasteiger charge is 2.33. The molecule has 1 aromatic heterocycles. The fourth-order valence-corrected chi connectivity index (χ4v) is 6.37. The van der Waals surface area contributed by atoms with Crippen LogP contribution in [0.25, 0.3) is 11.1 Å². The van der Waals surface area contributed by atoms with E-state index in [1.165, 1.54) is 4.68 Å². The number of aryl methyl sites for hydroxylation is 2. The van der Waals surface area contributed by atoms with E-state index in [4.69, 9.17) is 0 Å². The molecule has 0 bridgehead atoms. The van der Waals surface area contributed by atoms with Crippen LogP contribution in [-0.4, -0.2) is 46.9 Å². The van der Waals surface area contributed by atoms with Gasteiger partial charge in [-0.25, -0.2) is 8.42 Å². The Balaban J connectivity index is 1.86. The van der Waals surface area contributed by atoms with E-state index in [9.17, 15) is 18.0 Å². The van der Waals surface area contributed by atoms with Gasteiger partial charge in [0.1, 0.15) is 5.82 Å². The Bertz CT molecular complexity index is 1150. The molecule has 1 saturated heterocycles. The highest BCUT2D eigenvalue weighted by Crippen LogP contribution is 2.37. The summed E-state index contributed by atoms with van der Waals surface area (Å²) in [4.78, 5) is 24.9. The lowest BCUT2D eigenvalue weighted by molar-refractivity contribution is -0.116. The summed E-state index contributed by atoms with van der Waals surface area (Å²) in [5, 5.41) is 7.23. The molecule has 2 aliphatic rings. The number of nitrogens with one attached hydrogen (secondary N) is 1. The molecular weight excluding hydrogens is 416 g/mol. The van der Waals surface area contributed by atoms with Crippen molar-refractivity contribution in [1.29, 1.82) is 0 Å². The van der Waals surface area contributed by atoms with Crippen molar-refractivity contribution < 1.29 is 18.0 Å².